The number of nitro groups is 1. The first kappa shape index (κ1) is 18.7. The number of ether oxygens (including phenoxy) is 1. The molecule has 0 radical (unpaired) electrons. The number of thioether (sulfide) groups is 1. The van der Waals surface area contributed by atoms with Gasteiger partial charge in [0.1, 0.15) is 5.69 Å². The Morgan fingerprint density at radius 1 is 1.24 bits per heavy atom. The maximum Gasteiger partial charge on any atom is 0.406 e. The summed E-state index contributed by atoms with van der Waals surface area (Å²) in [7, 11) is 0. The van der Waals surface area contributed by atoms with Crippen LogP contribution >= 0.6 is 11.8 Å². The van der Waals surface area contributed by atoms with Crippen LogP contribution in [-0.2, 0) is 4.79 Å². The zero-order chi connectivity index (χ0) is 18.2. The average molecular weight is 361 g/mol. The normalized spacial score (nSPS) is 10.3. The topological polar surface area (TPSA) is 94.4 Å². The third kappa shape index (κ3) is 6.07. The van der Waals surface area contributed by atoms with Crippen molar-refractivity contribution in [3.05, 3.63) is 57.8 Å². The minimum Gasteiger partial charge on any atom is -0.476 e. The molecule has 1 aromatic carbocycles. The summed E-state index contributed by atoms with van der Waals surface area (Å²) in [5.74, 6) is -0.0111. The Morgan fingerprint density at radius 3 is 2.64 bits per heavy atom. The van der Waals surface area contributed by atoms with Crippen LogP contribution < -0.4 is 10.1 Å². The van der Waals surface area contributed by atoms with Crippen molar-refractivity contribution in [2.24, 2.45) is 0 Å². The molecule has 2 aromatic rings. The van der Waals surface area contributed by atoms with Crippen molar-refractivity contribution < 1.29 is 14.5 Å². The number of aryl methyl sites for hydroxylation is 2. The van der Waals surface area contributed by atoms with Crippen molar-refractivity contribution in [3.63, 3.8) is 0 Å². The van der Waals surface area contributed by atoms with Crippen LogP contribution in [0.5, 0.6) is 5.75 Å². The average Bonchev–Trinajstić information content (AvgIpc) is 2.59. The van der Waals surface area contributed by atoms with Gasteiger partial charge in [-0.3, -0.25) is 4.79 Å². The highest BCUT2D eigenvalue weighted by molar-refractivity contribution is 7.99. The molecule has 1 N–H and O–H groups in total. The highest BCUT2D eigenvalue weighted by Crippen LogP contribution is 2.24. The van der Waals surface area contributed by atoms with Crippen molar-refractivity contribution in [1.29, 1.82) is 0 Å². The van der Waals surface area contributed by atoms with Gasteiger partial charge in [0, 0.05) is 24.1 Å². The van der Waals surface area contributed by atoms with Crippen LogP contribution in [0.15, 0.2) is 41.3 Å². The summed E-state index contributed by atoms with van der Waals surface area (Å²) in [6.07, 6.45) is 0. The predicted molar refractivity (Wildman–Crippen MR) is 96.0 cm³/mol. The summed E-state index contributed by atoms with van der Waals surface area (Å²) >= 11 is 1.64. The molecule has 8 heteroatoms. The molecule has 0 bridgehead atoms. The van der Waals surface area contributed by atoms with E-state index >= 15 is 0 Å². The number of benzene rings is 1. The van der Waals surface area contributed by atoms with Gasteiger partial charge in [0.15, 0.2) is 6.61 Å². The SMILES string of the molecule is Cc1ccc(SCCNC(=O)COc2ccc(C)nc2[N+](=O)[O-])cc1. The molecule has 0 atom stereocenters. The third-order valence-corrected chi connectivity index (χ3v) is 4.24. The number of aromatic nitrogens is 1. The minimum atomic E-state index is -0.627. The monoisotopic (exact) mass is 361 g/mol. The number of hydrogen-bond acceptors (Lipinski definition) is 6. The lowest BCUT2D eigenvalue weighted by Crippen LogP contribution is -2.30. The first-order chi connectivity index (χ1) is 12.0. The Hall–Kier alpha value is -2.61. The van der Waals surface area contributed by atoms with E-state index in [1.165, 1.54) is 11.6 Å². The molecule has 0 saturated heterocycles. The second-order valence-corrected chi connectivity index (χ2v) is 6.50. The fourth-order valence-electron chi connectivity index (χ4n) is 1.96. The van der Waals surface area contributed by atoms with Crippen molar-refractivity contribution >= 4 is 23.5 Å². The Balaban J connectivity index is 1.74. The smallest absolute Gasteiger partial charge is 0.406 e. The maximum atomic E-state index is 11.8. The zero-order valence-electron chi connectivity index (χ0n) is 14.0. The molecular weight excluding hydrogens is 342 g/mol. The molecule has 0 spiro atoms. The first-order valence-corrected chi connectivity index (χ1v) is 8.65. The van der Waals surface area contributed by atoms with Gasteiger partial charge in [-0.25, -0.2) is 0 Å². The molecule has 2 rings (SSSR count). The van der Waals surface area contributed by atoms with Gasteiger partial charge in [0.25, 0.3) is 5.91 Å². The van der Waals surface area contributed by atoms with E-state index in [1.807, 2.05) is 31.2 Å². The highest BCUT2D eigenvalue weighted by atomic mass is 32.2. The Morgan fingerprint density at radius 2 is 1.96 bits per heavy atom. The van der Waals surface area contributed by atoms with Crippen LogP contribution in [0.4, 0.5) is 5.82 Å². The van der Waals surface area contributed by atoms with Gasteiger partial charge >= 0.3 is 5.82 Å². The van der Waals surface area contributed by atoms with E-state index in [9.17, 15) is 14.9 Å². The Bertz CT molecular complexity index is 750. The van der Waals surface area contributed by atoms with Crippen molar-refractivity contribution in [2.75, 3.05) is 18.9 Å². The maximum absolute atomic E-state index is 11.8. The van der Waals surface area contributed by atoms with Gasteiger partial charge in [0.05, 0.1) is 0 Å². The number of amides is 1. The van der Waals surface area contributed by atoms with E-state index in [0.717, 1.165) is 10.6 Å². The number of nitrogens with zero attached hydrogens (tertiary/aromatic N) is 2. The van der Waals surface area contributed by atoms with Crippen LogP contribution in [0.3, 0.4) is 0 Å². The summed E-state index contributed by atoms with van der Waals surface area (Å²) in [6.45, 7) is 3.87. The molecule has 0 aliphatic rings. The van der Waals surface area contributed by atoms with Crippen molar-refractivity contribution in [1.82, 2.24) is 10.3 Å². The number of pyridine rings is 1. The molecule has 0 fully saturated rings. The van der Waals surface area contributed by atoms with E-state index in [4.69, 9.17) is 4.74 Å². The number of carbonyl (C=O) groups excluding carboxylic acids is 1. The van der Waals surface area contributed by atoms with Gasteiger partial charge in [-0.1, -0.05) is 17.7 Å². The van der Waals surface area contributed by atoms with Gasteiger partial charge in [-0.15, -0.1) is 11.8 Å². The highest BCUT2D eigenvalue weighted by Gasteiger charge is 2.18. The number of nitrogens with one attached hydrogen (secondary N) is 1. The second-order valence-electron chi connectivity index (χ2n) is 5.33. The number of rotatable bonds is 8. The summed E-state index contributed by atoms with van der Waals surface area (Å²) in [4.78, 5) is 27.0. The Labute approximate surface area is 149 Å². The number of carbonyl (C=O) groups is 1. The molecule has 1 aromatic heterocycles. The lowest BCUT2D eigenvalue weighted by atomic mass is 10.2. The fourth-order valence-corrected chi connectivity index (χ4v) is 2.73. The molecule has 0 aliphatic heterocycles. The van der Waals surface area contributed by atoms with E-state index in [-0.39, 0.29) is 24.1 Å². The lowest BCUT2D eigenvalue weighted by molar-refractivity contribution is -0.390. The minimum absolute atomic E-state index is 0.0141. The van der Waals surface area contributed by atoms with Crippen LogP contribution in [-0.4, -0.2) is 34.7 Å². The summed E-state index contributed by atoms with van der Waals surface area (Å²) in [6, 6.07) is 11.2. The molecule has 1 amide bonds. The van der Waals surface area contributed by atoms with E-state index < -0.39 is 4.92 Å². The molecule has 0 saturated carbocycles. The van der Waals surface area contributed by atoms with Crippen LogP contribution in [0.1, 0.15) is 11.3 Å². The molecule has 1 heterocycles. The molecule has 25 heavy (non-hydrogen) atoms. The fraction of sp³-hybridized carbons (Fsp3) is 0.294. The van der Waals surface area contributed by atoms with Crippen molar-refractivity contribution in [2.45, 2.75) is 18.7 Å². The zero-order valence-corrected chi connectivity index (χ0v) is 14.8. The summed E-state index contributed by atoms with van der Waals surface area (Å²) < 4.78 is 5.22. The summed E-state index contributed by atoms with van der Waals surface area (Å²) in [5, 5.41) is 13.7. The van der Waals surface area contributed by atoms with Gasteiger partial charge in [0.2, 0.25) is 5.75 Å². The quantitative estimate of drug-likeness (QED) is 0.336. The Kier molecular flexibility index (Phi) is 6.76. The first-order valence-electron chi connectivity index (χ1n) is 7.66. The van der Waals surface area contributed by atoms with Crippen LogP contribution in [0.2, 0.25) is 0 Å². The van der Waals surface area contributed by atoms with E-state index in [0.29, 0.717) is 12.2 Å². The van der Waals surface area contributed by atoms with Gasteiger partial charge in [-0.05, 0) is 41.1 Å². The van der Waals surface area contributed by atoms with Gasteiger partial charge in [-0.2, -0.15) is 0 Å². The third-order valence-electron chi connectivity index (χ3n) is 3.22. The number of hydrogen-bond donors (Lipinski definition) is 1. The molecule has 132 valence electrons. The van der Waals surface area contributed by atoms with Crippen molar-refractivity contribution in [3.8, 4) is 5.75 Å². The molecule has 7 nitrogen and oxygen atoms in total. The van der Waals surface area contributed by atoms with Crippen LogP contribution in [0, 0.1) is 24.0 Å². The lowest BCUT2D eigenvalue weighted by Gasteiger charge is -2.08. The molecule has 0 unspecified atom stereocenters. The summed E-state index contributed by atoms with van der Waals surface area (Å²) in [5.41, 5.74) is 1.71. The predicted octanol–water partition coefficient (Wildman–Crippen LogP) is 2.89. The second kappa shape index (κ2) is 9.03. The van der Waals surface area contributed by atoms with Crippen LogP contribution in [0.25, 0.3) is 0 Å². The van der Waals surface area contributed by atoms with E-state index in [2.05, 4.69) is 10.3 Å². The molecular formula is C17H19N3O4S. The van der Waals surface area contributed by atoms with Gasteiger partial charge < -0.3 is 20.2 Å². The standard InChI is InChI=1S/C17H19N3O4S/c1-12-3-6-14(7-4-12)25-10-9-18-16(21)11-24-15-8-5-13(2)19-17(15)20(22)23/h3-8H,9-11H2,1-2H3,(H,18,21). The molecule has 0 aliphatic carbocycles. The van der Waals surface area contributed by atoms with E-state index in [1.54, 1.807) is 24.8 Å². The largest absolute Gasteiger partial charge is 0.476 e.